The number of phenols is 1. The van der Waals surface area contributed by atoms with Gasteiger partial charge in [0.15, 0.2) is 11.5 Å². The van der Waals surface area contributed by atoms with Crippen LogP contribution in [0.2, 0.25) is 5.02 Å². The van der Waals surface area contributed by atoms with Crippen molar-refractivity contribution >= 4 is 29.4 Å². The van der Waals surface area contributed by atoms with Gasteiger partial charge in [0.25, 0.3) is 11.6 Å². The summed E-state index contributed by atoms with van der Waals surface area (Å²) < 4.78 is 5.24. The lowest BCUT2D eigenvalue weighted by Crippen LogP contribution is -2.17. The molecule has 0 unspecified atom stereocenters. The van der Waals surface area contributed by atoms with E-state index in [-0.39, 0.29) is 27.8 Å². The number of carbonyl (C=O) groups is 1. The maximum Gasteiger partial charge on any atom is 0.271 e. The monoisotopic (exact) mass is 363 g/mol. The summed E-state index contributed by atoms with van der Waals surface area (Å²) in [6.45, 7) is 2.10. The van der Waals surface area contributed by atoms with E-state index in [4.69, 9.17) is 16.3 Å². The second-order valence-electron chi connectivity index (χ2n) is 4.79. The topological polar surface area (TPSA) is 114 Å². The van der Waals surface area contributed by atoms with Crippen LogP contribution in [0, 0.1) is 10.1 Å². The molecule has 2 rings (SSSR count). The third-order valence-corrected chi connectivity index (χ3v) is 3.34. The highest BCUT2D eigenvalue weighted by Crippen LogP contribution is 2.34. The van der Waals surface area contributed by atoms with Crippen LogP contribution in [0.15, 0.2) is 41.5 Å². The number of aromatic hydroxyl groups is 1. The molecule has 2 aromatic carbocycles. The van der Waals surface area contributed by atoms with Gasteiger partial charge < -0.3 is 9.84 Å². The van der Waals surface area contributed by atoms with E-state index in [0.29, 0.717) is 12.2 Å². The molecule has 8 nitrogen and oxygen atoms in total. The Morgan fingerprint density at radius 2 is 2.20 bits per heavy atom. The summed E-state index contributed by atoms with van der Waals surface area (Å²) in [6.07, 6.45) is 1.31. The van der Waals surface area contributed by atoms with Crippen LogP contribution >= 0.6 is 11.6 Å². The number of hydrazone groups is 1. The first-order chi connectivity index (χ1) is 11.9. The van der Waals surface area contributed by atoms with Crippen molar-refractivity contribution in [1.82, 2.24) is 5.43 Å². The molecule has 0 saturated heterocycles. The quantitative estimate of drug-likeness (QED) is 0.465. The number of nitro benzene ring substituents is 1. The first-order valence-electron chi connectivity index (χ1n) is 7.15. The summed E-state index contributed by atoms with van der Waals surface area (Å²) in [7, 11) is 0. The van der Waals surface area contributed by atoms with Gasteiger partial charge in [0.05, 0.1) is 22.8 Å². The minimum atomic E-state index is -0.602. The van der Waals surface area contributed by atoms with Crippen LogP contribution in [-0.2, 0) is 0 Å². The maximum atomic E-state index is 12.0. The first kappa shape index (κ1) is 18.2. The number of ether oxygens (including phenoxy) is 1. The highest BCUT2D eigenvalue weighted by Gasteiger charge is 2.11. The first-order valence-corrected chi connectivity index (χ1v) is 7.53. The normalized spacial score (nSPS) is 10.6. The lowest BCUT2D eigenvalue weighted by atomic mass is 10.2. The zero-order valence-corrected chi connectivity index (χ0v) is 13.9. The van der Waals surface area contributed by atoms with Crippen molar-refractivity contribution in [2.24, 2.45) is 5.10 Å². The van der Waals surface area contributed by atoms with E-state index in [1.807, 2.05) is 0 Å². The average Bonchev–Trinajstić information content (AvgIpc) is 2.59. The van der Waals surface area contributed by atoms with Crippen LogP contribution in [-0.4, -0.2) is 28.8 Å². The average molecular weight is 364 g/mol. The number of amides is 1. The van der Waals surface area contributed by atoms with Gasteiger partial charge in [0, 0.05) is 17.7 Å². The largest absolute Gasteiger partial charge is 0.503 e. The third kappa shape index (κ3) is 4.67. The van der Waals surface area contributed by atoms with Gasteiger partial charge in [-0.3, -0.25) is 14.9 Å². The molecule has 2 N–H and O–H groups in total. The van der Waals surface area contributed by atoms with Crippen LogP contribution in [0.1, 0.15) is 22.8 Å². The number of benzene rings is 2. The van der Waals surface area contributed by atoms with Crippen molar-refractivity contribution < 1.29 is 19.6 Å². The molecule has 0 spiro atoms. The number of hydrogen-bond acceptors (Lipinski definition) is 6. The molecule has 130 valence electrons. The fourth-order valence-corrected chi connectivity index (χ4v) is 2.14. The van der Waals surface area contributed by atoms with E-state index < -0.39 is 10.8 Å². The van der Waals surface area contributed by atoms with Crippen LogP contribution in [0.4, 0.5) is 5.69 Å². The van der Waals surface area contributed by atoms with Crippen molar-refractivity contribution in [2.45, 2.75) is 6.92 Å². The van der Waals surface area contributed by atoms with E-state index in [9.17, 15) is 20.0 Å². The van der Waals surface area contributed by atoms with Crippen LogP contribution in [0.3, 0.4) is 0 Å². The number of phenolic OH excluding ortho intramolecular Hbond substituents is 1. The molecule has 0 saturated carbocycles. The van der Waals surface area contributed by atoms with Crippen molar-refractivity contribution in [1.29, 1.82) is 0 Å². The van der Waals surface area contributed by atoms with Gasteiger partial charge in [0.2, 0.25) is 0 Å². The smallest absolute Gasteiger partial charge is 0.271 e. The zero-order chi connectivity index (χ0) is 18.4. The minimum Gasteiger partial charge on any atom is -0.503 e. The predicted molar refractivity (Wildman–Crippen MR) is 92.4 cm³/mol. The van der Waals surface area contributed by atoms with Crippen molar-refractivity contribution in [3.05, 3.63) is 62.7 Å². The molecule has 1 amide bonds. The second-order valence-corrected chi connectivity index (χ2v) is 5.20. The summed E-state index contributed by atoms with van der Waals surface area (Å²) in [5, 5.41) is 24.3. The standard InChI is InChI=1S/C16H14ClN3O5/c1-2-25-14-7-10(6-13(17)15(14)21)9-18-19-16(22)11-4-3-5-12(8-11)20(23)24/h3-9,21H,2H2,1H3,(H,19,22)/b18-9+. The van der Waals surface area contributed by atoms with Gasteiger partial charge >= 0.3 is 0 Å². The number of rotatable bonds is 6. The molecule has 0 aliphatic carbocycles. The minimum absolute atomic E-state index is 0.0809. The lowest BCUT2D eigenvalue weighted by Gasteiger charge is -2.08. The number of nitrogens with zero attached hydrogens (tertiary/aromatic N) is 2. The summed E-state index contributed by atoms with van der Waals surface area (Å²) in [5.41, 5.74) is 2.66. The van der Waals surface area contributed by atoms with Crippen molar-refractivity contribution in [3.63, 3.8) is 0 Å². The summed E-state index contributed by atoms with van der Waals surface area (Å²) in [5.74, 6) is -0.586. The number of non-ortho nitro benzene ring substituents is 1. The molecule has 0 aromatic heterocycles. The van der Waals surface area contributed by atoms with Gasteiger partial charge in [0.1, 0.15) is 0 Å². The van der Waals surface area contributed by atoms with Gasteiger partial charge in [-0.25, -0.2) is 5.43 Å². The molecular weight excluding hydrogens is 350 g/mol. The van der Waals surface area contributed by atoms with E-state index >= 15 is 0 Å². The fourth-order valence-electron chi connectivity index (χ4n) is 1.92. The SMILES string of the molecule is CCOc1cc(/C=N/NC(=O)c2cccc([N+](=O)[O-])c2)cc(Cl)c1O. The number of carbonyl (C=O) groups excluding carboxylic acids is 1. The Morgan fingerprint density at radius 1 is 1.44 bits per heavy atom. The molecule has 0 fully saturated rings. The summed E-state index contributed by atoms with van der Waals surface area (Å²) in [4.78, 5) is 22.1. The molecule has 2 aromatic rings. The van der Waals surface area contributed by atoms with E-state index in [2.05, 4.69) is 10.5 Å². The van der Waals surface area contributed by atoms with Gasteiger partial charge in [-0.1, -0.05) is 17.7 Å². The van der Waals surface area contributed by atoms with Crippen molar-refractivity contribution in [3.8, 4) is 11.5 Å². The lowest BCUT2D eigenvalue weighted by molar-refractivity contribution is -0.384. The molecule has 0 radical (unpaired) electrons. The van der Waals surface area contributed by atoms with Crippen molar-refractivity contribution in [2.75, 3.05) is 6.61 Å². The number of halogens is 1. The summed E-state index contributed by atoms with van der Waals surface area (Å²) >= 11 is 5.90. The highest BCUT2D eigenvalue weighted by atomic mass is 35.5. The fraction of sp³-hybridized carbons (Fsp3) is 0.125. The highest BCUT2D eigenvalue weighted by molar-refractivity contribution is 6.32. The second kappa shape index (κ2) is 8.11. The molecule has 0 heterocycles. The van der Waals surface area contributed by atoms with Crippen LogP contribution < -0.4 is 10.2 Å². The predicted octanol–water partition coefficient (Wildman–Crippen LogP) is 3.12. The van der Waals surface area contributed by atoms with Gasteiger partial charge in [-0.15, -0.1) is 0 Å². The Balaban J connectivity index is 2.11. The third-order valence-electron chi connectivity index (χ3n) is 3.05. The number of nitro groups is 1. The summed E-state index contributed by atoms with van der Waals surface area (Å²) in [6, 6.07) is 8.23. The van der Waals surface area contributed by atoms with Crippen LogP contribution in [0.5, 0.6) is 11.5 Å². The van der Waals surface area contributed by atoms with Crippen LogP contribution in [0.25, 0.3) is 0 Å². The Bertz CT molecular complexity index is 839. The molecule has 0 aliphatic rings. The van der Waals surface area contributed by atoms with E-state index in [1.54, 1.807) is 6.92 Å². The zero-order valence-electron chi connectivity index (χ0n) is 13.1. The Hall–Kier alpha value is -3.13. The number of hydrogen-bond donors (Lipinski definition) is 2. The molecular formula is C16H14ClN3O5. The van der Waals surface area contributed by atoms with Gasteiger partial charge in [-0.05, 0) is 30.7 Å². The van der Waals surface area contributed by atoms with Gasteiger partial charge in [-0.2, -0.15) is 5.10 Å². The maximum absolute atomic E-state index is 12.0. The Morgan fingerprint density at radius 3 is 2.88 bits per heavy atom. The molecule has 0 bridgehead atoms. The Labute approximate surface area is 147 Å². The Kier molecular flexibility index (Phi) is 5.91. The molecule has 0 atom stereocenters. The van der Waals surface area contributed by atoms with E-state index in [1.165, 1.54) is 36.5 Å². The molecule has 0 aliphatic heterocycles. The molecule has 9 heteroatoms. The number of nitrogens with one attached hydrogen (secondary N) is 1. The van der Waals surface area contributed by atoms with E-state index in [0.717, 1.165) is 6.07 Å². The molecule has 25 heavy (non-hydrogen) atoms.